The summed E-state index contributed by atoms with van der Waals surface area (Å²) in [5, 5.41) is 10.1. The number of carbonyl (C=O) groups excluding carboxylic acids is 1. The number of hydrogen-bond donors (Lipinski definition) is 1. The summed E-state index contributed by atoms with van der Waals surface area (Å²) >= 11 is 0. The number of aliphatic hydroxyl groups excluding tert-OH is 1. The zero-order valence-corrected chi connectivity index (χ0v) is 18.7. The van der Waals surface area contributed by atoms with Crippen LogP contribution in [-0.2, 0) is 21.4 Å². The Kier molecular flexibility index (Phi) is 5.31. The molecular weight excluding hydrogens is 362 g/mol. The molecule has 4 rings (SSSR count). The highest BCUT2D eigenvalue weighted by molar-refractivity contribution is 5.80. The van der Waals surface area contributed by atoms with Crippen molar-refractivity contribution >= 4 is 5.91 Å². The van der Waals surface area contributed by atoms with Crippen LogP contribution in [0.4, 0.5) is 0 Å². The van der Waals surface area contributed by atoms with E-state index in [1.54, 1.807) is 7.11 Å². The Morgan fingerprint density at radius 2 is 1.90 bits per heavy atom. The van der Waals surface area contributed by atoms with Crippen molar-refractivity contribution in [2.45, 2.75) is 89.9 Å². The van der Waals surface area contributed by atoms with E-state index >= 15 is 0 Å². The number of ether oxygens (including phenoxy) is 1. The van der Waals surface area contributed by atoms with Gasteiger partial charge in [-0.3, -0.25) is 4.79 Å². The van der Waals surface area contributed by atoms with Gasteiger partial charge >= 0.3 is 0 Å². The minimum atomic E-state index is -0.450. The fraction of sp³-hybridized carbons (Fsp3) is 0.720. The molecule has 0 aromatic heterocycles. The van der Waals surface area contributed by atoms with Gasteiger partial charge in [0.2, 0.25) is 5.91 Å². The molecule has 2 fully saturated rings. The topological polar surface area (TPSA) is 49.8 Å². The second kappa shape index (κ2) is 7.39. The van der Waals surface area contributed by atoms with E-state index in [9.17, 15) is 9.90 Å². The van der Waals surface area contributed by atoms with E-state index in [0.29, 0.717) is 12.0 Å². The average Bonchev–Trinajstić information content (AvgIpc) is 2.70. The maximum atomic E-state index is 13.5. The molecule has 2 bridgehead atoms. The predicted octanol–water partition coefficient (Wildman–Crippen LogP) is 4.39. The number of nitrogens with zero attached hydrogens (tertiary/aromatic N) is 1. The molecule has 29 heavy (non-hydrogen) atoms. The Morgan fingerprint density at radius 3 is 2.52 bits per heavy atom. The van der Waals surface area contributed by atoms with Gasteiger partial charge in [0, 0.05) is 31.0 Å². The molecular formula is C25H37NO3. The standard InChI is InChI=1S/C25H37NO3/c1-16(27)18-6-7-19-15-22-24(2,3)25(4,21(19)14-18)12-13-26(22)23(28)17-8-10-20(29-5)11-9-17/h6-7,14,16-17,20,22,27H,8-13,15H2,1-5H3/t16?,17?,20?,22-,25+/m0/s1. The van der Waals surface area contributed by atoms with Crippen LogP contribution in [0.3, 0.4) is 0 Å². The first-order valence-electron chi connectivity index (χ1n) is 11.3. The maximum absolute atomic E-state index is 13.5. The summed E-state index contributed by atoms with van der Waals surface area (Å²) in [4.78, 5) is 15.8. The number of rotatable bonds is 3. The minimum absolute atomic E-state index is 0.00500. The lowest BCUT2D eigenvalue weighted by atomic mass is 9.50. The van der Waals surface area contributed by atoms with Crippen molar-refractivity contribution in [1.82, 2.24) is 4.90 Å². The first-order chi connectivity index (χ1) is 13.7. The molecule has 1 N–H and O–H groups in total. The third kappa shape index (κ3) is 3.23. The van der Waals surface area contributed by atoms with E-state index in [0.717, 1.165) is 50.6 Å². The monoisotopic (exact) mass is 399 g/mol. The van der Waals surface area contributed by atoms with E-state index in [2.05, 4.69) is 43.9 Å². The molecule has 1 unspecified atom stereocenters. The van der Waals surface area contributed by atoms with Crippen LogP contribution in [0.15, 0.2) is 18.2 Å². The first-order valence-corrected chi connectivity index (χ1v) is 11.3. The first kappa shape index (κ1) is 20.9. The van der Waals surface area contributed by atoms with E-state index in [1.165, 1.54) is 11.1 Å². The molecule has 4 nitrogen and oxygen atoms in total. The van der Waals surface area contributed by atoms with E-state index in [4.69, 9.17) is 4.74 Å². The fourth-order valence-corrected chi connectivity index (χ4v) is 6.22. The third-order valence-corrected chi connectivity index (χ3v) is 8.75. The van der Waals surface area contributed by atoms with Crippen molar-refractivity contribution in [1.29, 1.82) is 0 Å². The van der Waals surface area contributed by atoms with Crippen LogP contribution in [0.1, 0.15) is 82.6 Å². The fourth-order valence-electron chi connectivity index (χ4n) is 6.22. The van der Waals surface area contributed by atoms with Crippen LogP contribution in [0.25, 0.3) is 0 Å². The summed E-state index contributed by atoms with van der Waals surface area (Å²) in [6.07, 6.45) is 5.66. The lowest BCUT2D eigenvalue weighted by Gasteiger charge is -2.61. The summed E-state index contributed by atoms with van der Waals surface area (Å²) in [5.74, 6) is 0.518. The van der Waals surface area contributed by atoms with Crippen molar-refractivity contribution < 1.29 is 14.6 Å². The highest BCUT2D eigenvalue weighted by Crippen LogP contribution is 2.56. The molecule has 0 spiro atoms. The van der Waals surface area contributed by atoms with Crippen LogP contribution in [-0.4, -0.2) is 41.7 Å². The van der Waals surface area contributed by atoms with E-state index in [1.807, 2.05) is 6.92 Å². The van der Waals surface area contributed by atoms with Gasteiger partial charge in [-0.25, -0.2) is 0 Å². The largest absolute Gasteiger partial charge is 0.389 e. The highest BCUT2D eigenvalue weighted by atomic mass is 16.5. The number of carbonyl (C=O) groups is 1. The van der Waals surface area contributed by atoms with Gasteiger partial charge in [-0.15, -0.1) is 0 Å². The Hall–Kier alpha value is -1.39. The minimum Gasteiger partial charge on any atom is -0.389 e. The Balaban J connectivity index is 1.63. The van der Waals surface area contributed by atoms with Crippen molar-refractivity contribution in [2.24, 2.45) is 11.3 Å². The Bertz CT molecular complexity index is 778. The predicted molar refractivity (Wildman–Crippen MR) is 115 cm³/mol. The van der Waals surface area contributed by atoms with Gasteiger partial charge in [0.1, 0.15) is 0 Å². The van der Waals surface area contributed by atoms with E-state index < -0.39 is 6.10 Å². The number of aliphatic hydroxyl groups is 1. The molecule has 1 aromatic rings. The molecule has 0 radical (unpaired) electrons. The van der Waals surface area contributed by atoms with Crippen LogP contribution in [0.2, 0.25) is 0 Å². The second-order valence-corrected chi connectivity index (χ2v) is 10.4. The zero-order valence-electron chi connectivity index (χ0n) is 18.7. The Labute approximate surface area is 175 Å². The lowest BCUT2D eigenvalue weighted by molar-refractivity contribution is -0.150. The van der Waals surface area contributed by atoms with Gasteiger partial charge in [0.05, 0.1) is 12.2 Å². The van der Waals surface area contributed by atoms with Crippen LogP contribution in [0, 0.1) is 11.3 Å². The van der Waals surface area contributed by atoms with E-state index in [-0.39, 0.29) is 22.8 Å². The molecule has 1 saturated carbocycles. The number of piperidine rings is 1. The molecule has 1 aliphatic heterocycles. The number of benzene rings is 1. The van der Waals surface area contributed by atoms with Gasteiger partial charge in [0.15, 0.2) is 0 Å². The zero-order chi connectivity index (χ0) is 21.0. The lowest BCUT2D eigenvalue weighted by Crippen LogP contribution is -2.65. The average molecular weight is 400 g/mol. The number of likely N-dealkylation sites (tertiary alicyclic amines) is 1. The highest BCUT2D eigenvalue weighted by Gasteiger charge is 2.57. The molecule has 1 amide bonds. The molecule has 1 heterocycles. The van der Waals surface area contributed by atoms with Crippen LogP contribution >= 0.6 is 0 Å². The molecule has 3 aliphatic rings. The maximum Gasteiger partial charge on any atom is 0.225 e. The summed E-state index contributed by atoms with van der Waals surface area (Å²) < 4.78 is 5.50. The molecule has 1 aromatic carbocycles. The summed E-state index contributed by atoms with van der Waals surface area (Å²) in [6.45, 7) is 9.73. The number of methoxy groups -OCH3 is 1. The van der Waals surface area contributed by atoms with Crippen molar-refractivity contribution in [3.8, 4) is 0 Å². The van der Waals surface area contributed by atoms with Gasteiger partial charge in [-0.05, 0) is 67.6 Å². The van der Waals surface area contributed by atoms with Gasteiger partial charge in [0.25, 0.3) is 0 Å². The van der Waals surface area contributed by atoms with Crippen LogP contribution < -0.4 is 0 Å². The quantitative estimate of drug-likeness (QED) is 0.820. The summed E-state index contributed by atoms with van der Waals surface area (Å²) in [7, 11) is 1.78. The molecule has 3 atom stereocenters. The van der Waals surface area contributed by atoms with Crippen molar-refractivity contribution in [2.75, 3.05) is 13.7 Å². The molecule has 2 aliphatic carbocycles. The smallest absolute Gasteiger partial charge is 0.225 e. The van der Waals surface area contributed by atoms with Gasteiger partial charge < -0.3 is 14.7 Å². The van der Waals surface area contributed by atoms with Gasteiger partial charge in [-0.2, -0.15) is 0 Å². The SMILES string of the molecule is COC1CCC(C(=O)N2CC[C@]3(C)c4cc(C(C)O)ccc4C[C@H]2C3(C)C)CC1. The molecule has 4 heteroatoms. The second-order valence-electron chi connectivity index (χ2n) is 10.4. The third-order valence-electron chi connectivity index (χ3n) is 8.75. The molecule has 160 valence electrons. The number of hydrogen-bond acceptors (Lipinski definition) is 3. The summed E-state index contributed by atoms with van der Waals surface area (Å²) in [6, 6.07) is 6.70. The summed E-state index contributed by atoms with van der Waals surface area (Å²) in [5.41, 5.74) is 3.73. The van der Waals surface area contributed by atoms with Crippen molar-refractivity contribution in [3.63, 3.8) is 0 Å². The molecule has 1 saturated heterocycles. The van der Waals surface area contributed by atoms with Gasteiger partial charge in [-0.1, -0.05) is 39.0 Å². The van der Waals surface area contributed by atoms with Crippen LogP contribution in [0.5, 0.6) is 0 Å². The number of fused-ring (bicyclic) bond motifs is 4. The normalized spacial score (nSPS) is 34.4. The number of amides is 1. The van der Waals surface area contributed by atoms with Crippen molar-refractivity contribution in [3.05, 3.63) is 34.9 Å². The Morgan fingerprint density at radius 1 is 1.21 bits per heavy atom.